The lowest BCUT2D eigenvalue weighted by atomic mass is 10.2. The second-order valence-corrected chi connectivity index (χ2v) is 4.91. The Kier molecular flexibility index (Phi) is 4.58. The van der Waals surface area contributed by atoms with Gasteiger partial charge in [-0.05, 0) is 25.5 Å². The molecule has 102 valence electrons. The predicted octanol–water partition coefficient (Wildman–Crippen LogP) is 2.43. The fraction of sp³-hybridized carbons (Fsp3) is 0.400. The smallest absolute Gasteiger partial charge is 0.0948 e. The van der Waals surface area contributed by atoms with Crippen LogP contribution in [0.4, 0.5) is 5.69 Å². The zero-order valence-corrected chi connectivity index (χ0v) is 11.7. The number of rotatable bonds is 6. The zero-order valence-electron chi connectivity index (χ0n) is 11.7. The van der Waals surface area contributed by atoms with Crippen LogP contribution < -0.4 is 10.6 Å². The molecule has 19 heavy (non-hydrogen) atoms. The van der Waals surface area contributed by atoms with E-state index in [-0.39, 0.29) is 6.04 Å². The molecule has 0 saturated heterocycles. The van der Waals surface area contributed by atoms with E-state index < -0.39 is 0 Å². The van der Waals surface area contributed by atoms with Gasteiger partial charge in [0.25, 0.3) is 0 Å². The molecule has 0 saturated carbocycles. The van der Waals surface area contributed by atoms with Gasteiger partial charge in [0.2, 0.25) is 0 Å². The lowest BCUT2D eigenvalue weighted by Crippen LogP contribution is -2.20. The maximum atomic E-state index is 5.91. The molecule has 0 spiro atoms. The highest BCUT2D eigenvalue weighted by molar-refractivity contribution is 5.44. The van der Waals surface area contributed by atoms with Crippen LogP contribution in [0.1, 0.15) is 25.1 Å². The van der Waals surface area contributed by atoms with Crippen LogP contribution in [0, 0.1) is 0 Å². The SMILES string of the molecule is C[C@@H](N)c1cncn1CCCN(C)c1ccccc1. The fourth-order valence-electron chi connectivity index (χ4n) is 2.19. The van der Waals surface area contributed by atoms with Crippen LogP contribution in [0.2, 0.25) is 0 Å². The summed E-state index contributed by atoms with van der Waals surface area (Å²) in [5, 5.41) is 0. The molecule has 1 aromatic carbocycles. The monoisotopic (exact) mass is 258 g/mol. The highest BCUT2D eigenvalue weighted by Gasteiger charge is 2.06. The van der Waals surface area contributed by atoms with Gasteiger partial charge in [0.05, 0.1) is 12.0 Å². The van der Waals surface area contributed by atoms with Gasteiger partial charge in [-0.25, -0.2) is 4.98 Å². The average Bonchev–Trinajstić information content (AvgIpc) is 2.88. The van der Waals surface area contributed by atoms with E-state index in [2.05, 4.69) is 45.8 Å². The fourth-order valence-corrected chi connectivity index (χ4v) is 2.19. The predicted molar refractivity (Wildman–Crippen MR) is 79.2 cm³/mol. The summed E-state index contributed by atoms with van der Waals surface area (Å²) >= 11 is 0. The molecule has 0 radical (unpaired) electrons. The van der Waals surface area contributed by atoms with Gasteiger partial charge in [0, 0.05) is 38.1 Å². The van der Waals surface area contributed by atoms with Crippen molar-refractivity contribution in [2.45, 2.75) is 25.9 Å². The highest BCUT2D eigenvalue weighted by Crippen LogP contribution is 2.13. The summed E-state index contributed by atoms with van der Waals surface area (Å²) in [4.78, 5) is 6.44. The lowest BCUT2D eigenvalue weighted by molar-refractivity contribution is 0.591. The number of aryl methyl sites for hydroxylation is 1. The van der Waals surface area contributed by atoms with Crippen molar-refractivity contribution in [2.24, 2.45) is 5.73 Å². The third-order valence-electron chi connectivity index (χ3n) is 3.30. The van der Waals surface area contributed by atoms with Crippen LogP contribution >= 0.6 is 0 Å². The van der Waals surface area contributed by atoms with Crippen LogP contribution in [0.5, 0.6) is 0 Å². The van der Waals surface area contributed by atoms with Crippen molar-refractivity contribution >= 4 is 5.69 Å². The Morgan fingerprint density at radius 1 is 1.32 bits per heavy atom. The summed E-state index contributed by atoms with van der Waals surface area (Å²) < 4.78 is 2.14. The third kappa shape index (κ3) is 3.58. The molecular formula is C15H22N4. The van der Waals surface area contributed by atoms with Gasteiger partial charge in [0.15, 0.2) is 0 Å². The largest absolute Gasteiger partial charge is 0.375 e. The summed E-state index contributed by atoms with van der Waals surface area (Å²) in [5.41, 5.74) is 8.26. The van der Waals surface area contributed by atoms with Crippen LogP contribution in [-0.2, 0) is 6.54 Å². The molecule has 0 aliphatic rings. The summed E-state index contributed by atoms with van der Waals surface area (Å²) in [5.74, 6) is 0. The number of anilines is 1. The van der Waals surface area contributed by atoms with Crippen molar-refractivity contribution in [2.75, 3.05) is 18.5 Å². The van der Waals surface area contributed by atoms with Gasteiger partial charge in [-0.15, -0.1) is 0 Å². The molecule has 4 heteroatoms. The third-order valence-corrected chi connectivity index (χ3v) is 3.30. The van der Waals surface area contributed by atoms with E-state index in [1.807, 2.05) is 25.5 Å². The standard InChI is InChI=1S/C15H22N4/c1-13(16)15-11-17-12-19(15)10-6-9-18(2)14-7-4-3-5-8-14/h3-5,7-8,11-13H,6,9-10,16H2,1-2H3/t13-/m1/s1. The Hall–Kier alpha value is -1.81. The van der Waals surface area contributed by atoms with Crippen LogP contribution in [0.3, 0.4) is 0 Å². The van der Waals surface area contributed by atoms with Crippen molar-refractivity contribution in [3.05, 3.63) is 48.5 Å². The van der Waals surface area contributed by atoms with Crippen LogP contribution in [0.25, 0.3) is 0 Å². The first-order valence-corrected chi connectivity index (χ1v) is 6.70. The normalized spacial score (nSPS) is 12.4. The van der Waals surface area contributed by atoms with Crippen LogP contribution in [0.15, 0.2) is 42.9 Å². The van der Waals surface area contributed by atoms with Gasteiger partial charge in [-0.3, -0.25) is 0 Å². The van der Waals surface area contributed by atoms with Crippen molar-refractivity contribution in [3.63, 3.8) is 0 Å². The molecule has 0 amide bonds. The maximum absolute atomic E-state index is 5.91. The van der Waals surface area contributed by atoms with Gasteiger partial charge in [-0.2, -0.15) is 0 Å². The molecule has 1 atom stereocenters. The number of para-hydroxylation sites is 1. The molecule has 0 aliphatic carbocycles. The second-order valence-electron chi connectivity index (χ2n) is 4.91. The van der Waals surface area contributed by atoms with E-state index in [0.29, 0.717) is 0 Å². The molecule has 0 fully saturated rings. The summed E-state index contributed by atoms with van der Waals surface area (Å²) in [6, 6.07) is 10.5. The Morgan fingerprint density at radius 3 is 2.74 bits per heavy atom. The molecule has 2 aromatic rings. The summed E-state index contributed by atoms with van der Waals surface area (Å²) in [6.45, 7) is 3.96. The van der Waals surface area contributed by atoms with Crippen LogP contribution in [-0.4, -0.2) is 23.1 Å². The minimum atomic E-state index is 0.0364. The number of imidazole rings is 1. The number of aromatic nitrogens is 2. The maximum Gasteiger partial charge on any atom is 0.0948 e. The van der Waals surface area contributed by atoms with Crippen molar-refractivity contribution in [1.82, 2.24) is 9.55 Å². The molecule has 2 N–H and O–H groups in total. The molecule has 0 aliphatic heterocycles. The molecule has 2 rings (SSSR count). The minimum absolute atomic E-state index is 0.0364. The Morgan fingerprint density at radius 2 is 2.05 bits per heavy atom. The molecule has 1 heterocycles. The average molecular weight is 258 g/mol. The van der Waals surface area contributed by atoms with Gasteiger partial charge < -0.3 is 15.2 Å². The zero-order chi connectivity index (χ0) is 13.7. The first-order chi connectivity index (χ1) is 9.18. The van der Waals surface area contributed by atoms with Gasteiger partial charge >= 0.3 is 0 Å². The second kappa shape index (κ2) is 6.38. The molecule has 4 nitrogen and oxygen atoms in total. The first kappa shape index (κ1) is 13.6. The topological polar surface area (TPSA) is 47.1 Å². The number of nitrogens with two attached hydrogens (primary N) is 1. The minimum Gasteiger partial charge on any atom is -0.375 e. The van der Waals surface area contributed by atoms with Crippen molar-refractivity contribution < 1.29 is 0 Å². The summed E-state index contributed by atoms with van der Waals surface area (Å²) in [7, 11) is 2.12. The number of hydrogen-bond acceptors (Lipinski definition) is 3. The van der Waals surface area contributed by atoms with E-state index in [9.17, 15) is 0 Å². The van der Waals surface area contributed by atoms with Crippen molar-refractivity contribution in [3.8, 4) is 0 Å². The van der Waals surface area contributed by atoms with Gasteiger partial charge in [-0.1, -0.05) is 18.2 Å². The Bertz CT molecular complexity index is 490. The molecule has 0 bridgehead atoms. The van der Waals surface area contributed by atoms with E-state index in [1.165, 1.54) is 5.69 Å². The number of hydrogen-bond donors (Lipinski definition) is 1. The van der Waals surface area contributed by atoms with Gasteiger partial charge in [0.1, 0.15) is 0 Å². The van der Waals surface area contributed by atoms with Crippen molar-refractivity contribution in [1.29, 1.82) is 0 Å². The van der Waals surface area contributed by atoms with E-state index in [1.54, 1.807) is 0 Å². The number of benzene rings is 1. The first-order valence-electron chi connectivity index (χ1n) is 6.70. The molecular weight excluding hydrogens is 236 g/mol. The molecule has 1 aromatic heterocycles. The quantitative estimate of drug-likeness (QED) is 0.865. The molecule has 0 unspecified atom stereocenters. The van der Waals surface area contributed by atoms with E-state index in [4.69, 9.17) is 5.73 Å². The van der Waals surface area contributed by atoms with E-state index >= 15 is 0 Å². The lowest BCUT2D eigenvalue weighted by Gasteiger charge is -2.19. The number of nitrogens with zero attached hydrogens (tertiary/aromatic N) is 3. The Balaban J connectivity index is 1.85. The van der Waals surface area contributed by atoms with E-state index in [0.717, 1.165) is 25.2 Å². The highest BCUT2D eigenvalue weighted by atomic mass is 15.1. The summed E-state index contributed by atoms with van der Waals surface area (Å²) in [6.07, 6.45) is 4.79. The Labute approximate surface area is 114 Å².